The number of nitro groups is 1. The molecule has 0 fully saturated rings. The van der Waals surface area contributed by atoms with Crippen LogP contribution >= 0.6 is 0 Å². The highest BCUT2D eigenvalue weighted by atomic mass is 16.6. The summed E-state index contributed by atoms with van der Waals surface area (Å²) in [6.07, 6.45) is 0. The van der Waals surface area contributed by atoms with E-state index in [1.165, 1.54) is 36.4 Å². The number of benzene rings is 2. The summed E-state index contributed by atoms with van der Waals surface area (Å²) in [5, 5.41) is 31.8. The van der Waals surface area contributed by atoms with Crippen molar-refractivity contribution in [3.8, 4) is 0 Å². The molecule has 0 saturated carbocycles. The lowest BCUT2D eigenvalue weighted by molar-refractivity contribution is -0.382. The largest absolute Gasteiger partial charge is 0.545 e. The van der Waals surface area contributed by atoms with Crippen LogP contribution in [0.15, 0.2) is 41.0 Å². The summed E-state index contributed by atoms with van der Waals surface area (Å²) in [5.74, 6) is -1.30. The zero-order chi connectivity index (χ0) is 15.7. The minimum atomic E-state index is -1.30. The van der Waals surface area contributed by atoms with E-state index >= 15 is 0 Å². The van der Waals surface area contributed by atoms with Gasteiger partial charge in [0, 0.05) is 5.69 Å². The fourth-order valence-corrected chi connectivity index (χ4v) is 1.97. The summed E-state index contributed by atoms with van der Waals surface area (Å²) in [7, 11) is 0. The van der Waals surface area contributed by atoms with Crippen LogP contribution in [0.5, 0.6) is 0 Å². The molecular weight excluding hydrogens is 292 g/mol. The molecule has 0 aliphatic heterocycles. The Bertz CT molecular complexity index is 872. The van der Waals surface area contributed by atoms with E-state index in [-0.39, 0.29) is 28.0 Å². The Hall–Kier alpha value is -3.49. The Morgan fingerprint density at radius 2 is 1.86 bits per heavy atom. The first-order valence-electron chi connectivity index (χ1n) is 6.04. The van der Waals surface area contributed by atoms with E-state index < -0.39 is 10.9 Å². The number of nitrogens with zero attached hydrogens (tertiary/aromatic N) is 3. The van der Waals surface area contributed by atoms with Crippen LogP contribution in [0.4, 0.5) is 17.1 Å². The first-order chi connectivity index (χ1) is 10.6. The second kappa shape index (κ2) is 5.13. The summed E-state index contributed by atoms with van der Waals surface area (Å²) < 4.78 is 4.50. The number of hydrogen-bond donors (Lipinski definition) is 1. The molecule has 0 unspecified atom stereocenters. The van der Waals surface area contributed by atoms with Gasteiger partial charge in [0.15, 0.2) is 0 Å². The Labute approximate surface area is 122 Å². The molecule has 110 valence electrons. The summed E-state index contributed by atoms with van der Waals surface area (Å²) >= 11 is 0. The molecule has 0 atom stereocenters. The monoisotopic (exact) mass is 299 g/mol. The molecule has 9 nitrogen and oxygen atoms in total. The molecule has 1 N–H and O–H groups in total. The summed E-state index contributed by atoms with van der Waals surface area (Å²) in [5.41, 5.74) is 0.697. The van der Waals surface area contributed by atoms with Gasteiger partial charge >= 0.3 is 5.69 Å². The summed E-state index contributed by atoms with van der Waals surface area (Å²) in [6, 6.07) is 8.60. The van der Waals surface area contributed by atoms with E-state index in [4.69, 9.17) is 0 Å². The molecule has 3 rings (SSSR count). The molecule has 9 heteroatoms. The van der Waals surface area contributed by atoms with Gasteiger partial charge in [-0.25, -0.2) is 4.63 Å². The molecule has 0 spiro atoms. The minimum absolute atomic E-state index is 0.0104. The van der Waals surface area contributed by atoms with E-state index in [2.05, 4.69) is 20.3 Å². The van der Waals surface area contributed by atoms with Gasteiger partial charge in [0.1, 0.15) is 11.2 Å². The molecule has 1 heterocycles. The van der Waals surface area contributed by atoms with Crippen LogP contribution in [-0.4, -0.2) is 21.2 Å². The minimum Gasteiger partial charge on any atom is -0.545 e. The van der Waals surface area contributed by atoms with Crippen molar-refractivity contribution in [3.05, 3.63) is 52.1 Å². The van der Waals surface area contributed by atoms with Crippen molar-refractivity contribution in [2.75, 3.05) is 5.32 Å². The third kappa shape index (κ3) is 2.30. The first kappa shape index (κ1) is 13.5. The topological polar surface area (TPSA) is 134 Å². The van der Waals surface area contributed by atoms with E-state index in [1.54, 1.807) is 0 Å². The quantitative estimate of drug-likeness (QED) is 0.561. The first-order valence-corrected chi connectivity index (χ1v) is 6.04. The smallest absolute Gasteiger partial charge is 0.323 e. The van der Waals surface area contributed by atoms with Crippen molar-refractivity contribution in [2.45, 2.75) is 0 Å². The molecule has 0 bridgehead atoms. The molecule has 0 amide bonds. The molecule has 0 radical (unpaired) electrons. The number of carboxylic acids is 1. The number of aromatic carboxylic acids is 1. The van der Waals surface area contributed by atoms with E-state index in [1.807, 2.05) is 0 Å². The number of nitrogens with one attached hydrogen (secondary N) is 1. The van der Waals surface area contributed by atoms with Crippen LogP contribution in [0.2, 0.25) is 0 Å². The number of carbonyl (C=O) groups is 1. The third-order valence-electron chi connectivity index (χ3n) is 2.98. The van der Waals surface area contributed by atoms with Crippen LogP contribution in [0, 0.1) is 10.1 Å². The van der Waals surface area contributed by atoms with Gasteiger partial charge in [-0.3, -0.25) is 10.1 Å². The number of fused-ring (bicyclic) bond motifs is 1. The van der Waals surface area contributed by atoms with Crippen molar-refractivity contribution in [1.29, 1.82) is 0 Å². The Balaban J connectivity index is 2.01. The molecule has 2 aromatic carbocycles. The average Bonchev–Trinajstić information content (AvgIpc) is 2.95. The van der Waals surface area contributed by atoms with Crippen LogP contribution in [0.25, 0.3) is 11.0 Å². The summed E-state index contributed by atoms with van der Waals surface area (Å²) in [6.45, 7) is 0. The van der Waals surface area contributed by atoms with Gasteiger partial charge in [-0.2, -0.15) is 0 Å². The third-order valence-corrected chi connectivity index (χ3v) is 2.98. The highest BCUT2D eigenvalue weighted by Crippen LogP contribution is 2.33. The lowest BCUT2D eigenvalue weighted by Crippen LogP contribution is -2.21. The number of rotatable bonds is 4. The van der Waals surface area contributed by atoms with Gasteiger partial charge in [0.2, 0.25) is 5.52 Å². The SMILES string of the molecule is O=C([O-])c1ccc(Nc2ccc3nonc3c2[N+](=O)[O-])cc1. The molecular formula is C13H7N4O5-. The zero-order valence-corrected chi connectivity index (χ0v) is 10.8. The van der Waals surface area contributed by atoms with Crippen LogP contribution < -0.4 is 10.4 Å². The van der Waals surface area contributed by atoms with Gasteiger partial charge in [-0.15, -0.1) is 0 Å². The van der Waals surface area contributed by atoms with Gasteiger partial charge < -0.3 is 15.2 Å². The predicted molar refractivity (Wildman–Crippen MR) is 72.5 cm³/mol. The van der Waals surface area contributed by atoms with Crippen LogP contribution in [0.1, 0.15) is 10.4 Å². The zero-order valence-electron chi connectivity index (χ0n) is 10.8. The fourth-order valence-electron chi connectivity index (χ4n) is 1.97. The number of hydrogen-bond acceptors (Lipinski definition) is 8. The van der Waals surface area contributed by atoms with Crippen LogP contribution in [0.3, 0.4) is 0 Å². The maximum atomic E-state index is 11.2. The Morgan fingerprint density at radius 1 is 1.14 bits per heavy atom. The Morgan fingerprint density at radius 3 is 2.50 bits per heavy atom. The molecule has 0 saturated heterocycles. The maximum Gasteiger partial charge on any atom is 0.323 e. The number of nitro benzene ring substituents is 1. The van der Waals surface area contributed by atoms with Crippen molar-refractivity contribution in [2.24, 2.45) is 0 Å². The predicted octanol–water partition coefficient (Wildman–Crippen LogP) is 1.24. The second-order valence-corrected chi connectivity index (χ2v) is 4.34. The average molecular weight is 299 g/mol. The standard InChI is InChI=1S/C13H8N4O5/c18-13(19)7-1-3-8(4-2-7)14-10-6-5-9-11(16-22-15-9)12(10)17(20)21/h1-6,14H,(H,18,19)/p-1. The second-order valence-electron chi connectivity index (χ2n) is 4.34. The Kier molecular flexibility index (Phi) is 3.14. The number of carboxylic acid groups (broad SMARTS) is 1. The molecule has 3 aromatic rings. The van der Waals surface area contributed by atoms with Crippen molar-refractivity contribution >= 4 is 34.1 Å². The summed E-state index contributed by atoms with van der Waals surface area (Å²) in [4.78, 5) is 21.3. The van der Waals surface area contributed by atoms with E-state index in [0.29, 0.717) is 5.69 Å². The number of anilines is 2. The normalized spacial score (nSPS) is 10.5. The molecule has 22 heavy (non-hydrogen) atoms. The van der Waals surface area contributed by atoms with Crippen molar-refractivity contribution in [3.63, 3.8) is 0 Å². The van der Waals surface area contributed by atoms with Gasteiger partial charge in [-0.05, 0) is 40.1 Å². The number of carbonyl (C=O) groups excluding carboxylic acids is 1. The fraction of sp³-hybridized carbons (Fsp3) is 0. The molecule has 0 aliphatic carbocycles. The van der Waals surface area contributed by atoms with E-state index in [9.17, 15) is 20.0 Å². The highest BCUT2D eigenvalue weighted by Gasteiger charge is 2.22. The van der Waals surface area contributed by atoms with Crippen LogP contribution in [-0.2, 0) is 0 Å². The van der Waals surface area contributed by atoms with Gasteiger partial charge in [0.05, 0.1) is 10.9 Å². The molecule has 1 aromatic heterocycles. The van der Waals surface area contributed by atoms with Crippen molar-refractivity contribution < 1.29 is 19.5 Å². The highest BCUT2D eigenvalue weighted by molar-refractivity contribution is 5.92. The molecule has 0 aliphatic rings. The van der Waals surface area contributed by atoms with Crippen molar-refractivity contribution in [1.82, 2.24) is 10.3 Å². The number of aromatic nitrogens is 2. The maximum absolute atomic E-state index is 11.2. The van der Waals surface area contributed by atoms with E-state index in [0.717, 1.165) is 0 Å². The van der Waals surface area contributed by atoms with Gasteiger partial charge in [0.25, 0.3) is 0 Å². The van der Waals surface area contributed by atoms with Gasteiger partial charge in [-0.1, -0.05) is 12.1 Å². The lowest BCUT2D eigenvalue weighted by atomic mass is 10.2. The lowest BCUT2D eigenvalue weighted by Gasteiger charge is -2.08.